The molecule has 0 saturated carbocycles. The average molecular weight is 221 g/mol. The molecule has 0 aromatic carbocycles. The van der Waals surface area contributed by atoms with E-state index >= 15 is 0 Å². The number of anilines is 1. The van der Waals surface area contributed by atoms with Crippen molar-refractivity contribution < 1.29 is 9.53 Å². The summed E-state index contributed by atoms with van der Waals surface area (Å²) in [7, 11) is 1.41. The van der Waals surface area contributed by atoms with Gasteiger partial charge in [0.15, 0.2) is 0 Å². The van der Waals surface area contributed by atoms with Gasteiger partial charge < -0.3 is 9.64 Å². The maximum absolute atomic E-state index is 11.5. The third-order valence-corrected chi connectivity index (χ3v) is 2.75. The largest absolute Gasteiger partial charge is 0.467 e. The molecule has 1 atom stereocenters. The van der Waals surface area contributed by atoms with E-state index in [9.17, 15) is 4.79 Å². The molecule has 1 saturated heterocycles. The zero-order chi connectivity index (χ0) is 11.5. The Morgan fingerprint density at radius 1 is 1.50 bits per heavy atom. The second-order valence-corrected chi connectivity index (χ2v) is 3.93. The van der Waals surface area contributed by atoms with E-state index < -0.39 is 0 Å². The first-order chi connectivity index (χ1) is 7.72. The minimum Gasteiger partial charge on any atom is -0.467 e. The summed E-state index contributed by atoms with van der Waals surface area (Å²) >= 11 is 0. The molecule has 86 valence electrons. The highest BCUT2D eigenvalue weighted by molar-refractivity contribution is 5.79. The van der Waals surface area contributed by atoms with Gasteiger partial charge in [0, 0.05) is 18.9 Å². The Labute approximate surface area is 94.5 Å². The second kappa shape index (κ2) is 4.47. The van der Waals surface area contributed by atoms with Gasteiger partial charge in [-0.1, -0.05) is 0 Å². The molecular formula is C11H15N3O2. The van der Waals surface area contributed by atoms with Gasteiger partial charge in [0.2, 0.25) is 5.95 Å². The highest BCUT2D eigenvalue weighted by Crippen LogP contribution is 2.22. The summed E-state index contributed by atoms with van der Waals surface area (Å²) in [5, 5.41) is 0. The van der Waals surface area contributed by atoms with Crippen LogP contribution in [-0.4, -0.2) is 35.6 Å². The number of aryl methyl sites for hydroxylation is 1. The Bertz CT molecular complexity index is 377. The Balaban J connectivity index is 2.19. The van der Waals surface area contributed by atoms with Gasteiger partial charge in [-0.2, -0.15) is 0 Å². The quantitative estimate of drug-likeness (QED) is 0.695. The van der Waals surface area contributed by atoms with E-state index in [0.717, 1.165) is 24.9 Å². The first-order valence-corrected chi connectivity index (χ1v) is 5.35. The van der Waals surface area contributed by atoms with Crippen molar-refractivity contribution >= 4 is 11.9 Å². The molecule has 1 aliphatic heterocycles. The lowest BCUT2D eigenvalue weighted by Gasteiger charge is -2.22. The van der Waals surface area contributed by atoms with Crippen molar-refractivity contribution in [2.75, 3.05) is 18.6 Å². The first kappa shape index (κ1) is 10.9. The molecule has 0 bridgehead atoms. The molecule has 0 N–H and O–H groups in total. The number of nitrogens with zero attached hydrogens (tertiary/aromatic N) is 3. The maximum Gasteiger partial charge on any atom is 0.328 e. The van der Waals surface area contributed by atoms with Crippen molar-refractivity contribution in [2.24, 2.45) is 0 Å². The number of rotatable bonds is 2. The number of esters is 1. The maximum atomic E-state index is 11.5. The van der Waals surface area contributed by atoms with Crippen LogP contribution in [0.1, 0.15) is 18.4 Å². The van der Waals surface area contributed by atoms with Gasteiger partial charge in [-0.25, -0.2) is 14.8 Å². The number of ether oxygens (including phenoxy) is 1. The lowest BCUT2D eigenvalue weighted by Crippen LogP contribution is -2.37. The molecule has 5 nitrogen and oxygen atoms in total. The third-order valence-electron chi connectivity index (χ3n) is 2.75. The van der Waals surface area contributed by atoms with Gasteiger partial charge in [-0.3, -0.25) is 0 Å². The van der Waals surface area contributed by atoms with E-state index in [1.807, 2.05) is 11.8 Å². The van der Waals surface area contributed by atoms with E-state index in [1.165, 1.54) is 7.11 Å². The van der Waals surface area contributed by atoms with Crippen molar-refractivity contribution in [1.29, 1.82) is 0 Å². The monoisotopic (exact) mass is 221 g/mol. The molecule has 0 radical (unpaired) electrons. The molecule has 1 aliphatic rings. The predicted octanol–water partition coefficient (Wildman–Crippen LogP) is 0.927. The minimum atomic E-state index is -0.229. The number of hydrogen-bond acceptors (Lipinski definition) is 5. The average Bonchev–Trinajstić information content (AvgIpc) is 2.78. The van der Waals surface area contributed by atoms with Crippen LogP contribution in [0.4, 0.5) is 5.95 Å². The third kappa shape index (κ3) is 1.98. The van der Waals surface area contributed by atoms with Crippen LogP contribution < -0.4 is 4.90 Å². The molecule has 1 fully saturated rings. The van der Waals surface area contributed by atoms with Crippen LogP contribution in [0.2, 0.25) is 0 Å². The fourth-order valence-corrected chi connectivity index (χ4v) is 1.92. The fourth-order valence-electron chi connectivity index (χ4n) is 1.92. The lowest BCUT2D eigenvalue weighted by atomic mass is 10.2. The van der Waals surface area contributed by atoms with Crippen LogP contribution in [0.15, 0.2) is 12.4 Å². The van der Waals surface area contributed by atoms with Gasteiger partial charge in [-0.15, -0.1) is 0 Å². The number of methoxy groups -OCH3 is 1. The number of hydrogen-bond donors (Lipinski definition) is 0. The standard InChI is InChI=1S/C11H15N3O2/c1-8-6-12-11(13-7-8)14-5-3-4-9(14)10(15)16-2/h6-7,9H,3-5H2,1-2H3. The van der Waals surface area contributed by atoms with Crippen molar-refractivity contribution in [3.8, 4) is 0 Å². The van der Waals surface area contributed by atoms with Crippen molar-refractivity contribution in [1.82, 2.24) is 9.97 Å². The van der Waals surface area contributed by atoms with Gasteiger partial charge in [-0.05, 0) is 25.3 Å². The van der Waals surface area contributed by atoms with E-state index in [2.05, 4.69) is 9.97 Å². The van der Waals surface area contributed by atoms with Crippen LogP contribution in [-0.2, 0) is 9.53 Å². The molecule has 16 heavy (non-hydrogen) atoms. The first-order valence-electron chi connectivity index (χ1n) is 5.35. The molecule has 1 aromatic rings. The van der Waals surface area contributed by atoms with Crippen LogP contribution >= 0.6 is 0 Å². The van der Waals surface area contributed by atoms with Gasteiger partial charge in [0.25, 0.3) is 0 Å². The van der Waals surface area contributed by atoms with E-state index in [1.54, 1.807) is 12.4 Å². The van der Waals surface area contributed by atoms with E-state index in [-0.39, 0.29) is 12.0 Å². The Morgan fingerprint density at radius 2 is 2.19 bits per heavy atom. The van der Waals surface area contributed by atoms with Crippen LogP contribution in [0.5, 0.6) is 0 Å². The molecule has 2 heterocycles. The molecule has 1 aromatic heterocycles. The highest BCUT2D eigenvalue weighted by Gasteiger charge is 2.32. The molecule has 1 unspecified atom stereocenters. The van der Waals surface area contributed by atoms with Crippen LogP contribution in [0.3, 0.4) is 0 Å². The second-order valence-electron chi connectivity index (χ2n) is 3.93. The normalized spacial score (nSPS) is 19.9. The zero-order valence-electron chi connectivity index (χ0n) is 9.51. The highest BCUT2D eigenvalue weighted by atomic mass is 16.5. The SMILES string of the molecule is COC(=O)C1CCCN1c1ncc(C)cn1. The van der Waals surface area contributed by atoms with Gasteiger partial charge in [0.1, 0.15) is 6.04 Å². The van der Waals surface area contributed by atoms with Gasteiger partial charge >= 0.3 is 5.97 Å². The van der Waals surface area contributed by atoms with Crippen LogP contribution in [0.25, 0.3) is 0 Å². The summed E-state index contributed by atoms with van der Waals surface area (Å²) in [4.78, 5) is 21.9. The summed E-state index contributed by atoms with van der Waals surface area (Å²) in [5.74, 6) is 0.403. The van der Waals surface area contributed by atoms with E-state index in [0.29, 0.717) is 5.95 Å². The Morgan fingerprint density at radius 3 is 2.81 bits per heavy atom. The summed E-state index contributed by atoms with van der Waals surface area (Å²) in [5.41, 5.74) is 1.01. The summed E-state index contributed by atoms with van der Waals surface area (Å²) in [6, 6.07) is -0.229. The fraction of sp³-hybridized carbons (Fsp3) is 0.545. The minimum absolute atomic E-state index is 0.207. The van der Waals surface area contributed by atoms with Gasteiger partial charge in [0.05, 0.1) is 7.11 Å². The molecular weight excluding hydrogens is 206 g/mol. The van der Waals surface area contributed by atoms with Crippen molar-refractivity contribution in [2.45, 2.75) is 25.8 Å². The molecule has 0 amide bonds. The number of carbonyl (C=O) groups excluding carboxylic acids is 1. The predicted molar refractivity (Wildman–Crippen MR) is 59.2 cm³/mol. The van der Waals surface area contributed by atoms with Crippen molar-refractivity contribution in [3.63, 3.8) is 0 Å². The summed E-state index contributed by atoms with van der Waals surface area (Å²) < 4.78 is 4.77. The topological polar surface area (TPSA) is 55.3 Å². The Hall–Kier alpha value is -1.65. The smallest absolute Gasteiger partial charge is 0.328 e. The zero-order valence-corrected chi connectivity index (χ0v) is 9.51. The summed E-state index contributed by atoms with van der Waals surface area (Å²) in [6.45, 7) is 2.74. The Kier molecular flexibility index (Phi) is 3.03. The molecule has 5 heteroatoms. The molecule has 0 spiro atoms. The number of aromatic nitrogens is 2. The van der Waals surface area contributed by atoms with Crippen molar-refractivity contribution in [3.05, 3.63) is 18.0 Å². The lowest BCUT2D eigenvalue weighted by molar-refractivity contribution is -0.141. The molecule has 0 aliphatic carbocycles. The number of carbonyl (C=O) groups is 1. The summed E-state index contributed by atoms with van der Waals surface area (Å²) in [6.07, 6.45) is 5.30. The molecule has 2 rings (SSSR count). The van der Waals surface area contributed by atoms with E-state index in [4.69, 9.17) is 4.74 Å². The van der Waals surface area contributed by atoms with Crippen LogP contribution in [0, 0.1) is 6.92 Å².